The Morgan fingerprint density at radius 2 is 1.59 bits per heavy atom. The Labute approximate surface area is 104 Å². The molecule has 0 aromatic heterocycles. The van der Waals surface area contributed by atoms with E-state index in [1.165, 1.54) is 53.5 Å². The van der Waals surface area contributed by atoms with Gasteiger partial charge in [-0.15, -0.1) is 0 Å². The van der Waals surface area contributed by atoms with Crippen LogP contribution in [-0.4, -0.2) is 7.11 Å². The monoisotopic (exact) mass is 233 g/mol. The normalized spacial score (nSPS) is 16.5. The van der Waals surface area contributed by atoms with Gasteiger partial charge >= 0.3 is 0 Å². The first-order valence-electron chi connectivity index (χ1n) is 6.52. The SMILES string of the molecule is COc1c(C)c2c(c(C)c1C(C)N)CCCC2. The van der Waals surface area contributed by atoms with Crippen LogP contribution in [0.4, 0.5) is 0 Å². The fourth-order valence-electron chi connectivity index (χ4n) is 3.22. The van der Waals surface area contributed by atoms with Gasteiger partial charge in [0.15, 0.2) is 0 Å². The Morgan fingerprint density at radius 3 is 2.06 bits per heavy atom. The number of hydrogen-bond acceptors (Lipinski definition) is 2. The molecule has 0 saturated carbocycles. The lowest BCUT2D eigenvalue weighted by molar-refractivity contribution is 0.401. The Hall–Kier alpha value is -1.02. The Kier molecular flexibility index (Phi) is 3.43. The van der Waals surface area contributed by atoms with Gasteiger partial charge < -0.3 is 10.5 Å². The number of ether oxygens (including phenoxy) is 1. The molecule has 0 saturated heterocycles. The average molecular weight is 233 g/mol. The van der Waals surface area contributed by atoms with Gasteiger partial charge in [-0.05, 0) is 68.7 Å². The fourth-order valence-corrected chi connectivity index (χ4v) is 3.22. The van der Waals surface area contributed by atoms with Gasteiger partial charge in [-0.1, -0.05) is 0 Å². The van der Waals surface area contributed by atoms with Crippen LogP contribution in [0.2, 0.25) is 0 Å². The summed E-state index contributed by atoms with van der Waals surface area (Å²) in [6.45, 7) is 6.42. The second-order valence-corrected chi connectivity index (χ2v) is 5.15. The summed E-state index contributed by atoms with van der Waals surface area (Å²) in [6.07, 6.45) is 5.00. The summed E-state index contributed by atoms with van der Waals surface area (Å²) in [4.78, 5) is 0. The van der Waals surface area contributed by atoms with E-state index in [1.54, 1.807) is 7.11 Å². The van der Waals surface area contributed by atoms with Crippen molar-refractivity contribution in [3.8, 4) is 5.75 Å². The molecule has 0 heterocycles. The molecule has 0 spiro atoms. The minimum Gasteiger partial charge on any atom is -0.496 e. The molecule has 1 aromatic rings. The van der Waals surface area contributed by atoms with Gasteiger partial charge in [0.2, 0.25) is 0 Å². The van der Waals surface area contributed by atoms with Gasteiger partial charge in [0.25, 0.3) is 0 Å². The van der Waals surface area contributed by atoms with Crippen LogP contribution in [0.15, 0.2) is 0 Å². The van der Waals surface area contributed by atoms with E-state index in [9.17, 15) is 0 Å². The van der Waals surface area contributed by atoms with E-state index >= 15 is 0 Å². The molecule has 2 rings (SSSR count). The summed E-state index contributed by atoms with van der Waals surface area (Å²) >= 11 is 0. The van der Waals surface area contributed by atoms with E-state index < -0.39 is 0 Å². The zero-order valence-electron chi connectivity index (χ0n) is 11.4. The topological polar surface area (TPSA) is 35.2 Å². The van der Waals surface area contributed by atoms with Gasteiger partial charge in [-0.2, -0.15) is 0 Å². The summed E-state index contributed by atoms with van der Waals surface area (Å²) in [5.41, 5.74) is 13.0. The maximum absolute atomic E-state index is 6.11. The van der Waals surface area contributed by atoms with Gasteiger partial charge in [0, 0.05) is 11.6 Å². The number of hydrogen-bond donors (Lipinski definition) is 1. The number of benzene rings is 1. The lowest BCUT2D eigenvalue weighted by Gasteiger charge is -2.27. The molecule has 0 aliphatic heterocycles. The molecule has 0 radical (unpaired) electrons. The third kappa shape index (κ3) is 1.95. The highest BCUT2D eigenvalue weighted by Crippen LogP contribution is 2.39. The number of rotatable bonds is 2. The van der Waals surface area contributed by atoms with Gasteiger partial charge in [-0.25, -0.2) is 0 Å². The van der Waals surface area contributed by atoms with E-state index in [0.29, 0.717) is 0 Å². The molecule has 1 aliphatic carbocycles. The van der Waals surface area contributed by atoms with Crippen LogP contribution in [0.3, 0.4) is 0 Å². The molecule has 1 aliphatic rings. The Balaban J connectivity index is 2.72. The van der Waals surface area contributed by atoms with Crippen molar-refractivity contribution in [3.05, 3.63) is 27.8 Å². The first-order valence-corrected chi connectivity index (χ1v) is 6.52. The van der Waals surface area contributed by atoms with Crippen molar-refractivity contribution >= 4 is 0 Å². The Bertz CT molecular complexity index is 435. The molecular weight excluding hydrogens is 210 g/mol. The lowest BCUT2D eigenvalue weighted by atomic mass is 9.81. The fraction of sp³-hybridized carbons (Fsp3) is 0.600. The molecule has 94 valence electrons. The largest absolute Gasteiger partial charge is 0.496 e. The van der Waals surface area contributed by atoms with E-state index in [2.05, 4.69) is 13.8 Å². The van der Waals surface area contributed by atoms with Crippen molar-refractivity contribution in [1.82, 2.24) is 0 Å². The van der Waals surface area contributed by atoms with E-state index in [0.717, 1.165) is 5.75 Å². The molecule has 1 atom stereocenters. The molecule has 17 heavy (non-hydrogen) atoms. The van der Waals surface area contributed by atoms with E-state index in [-0.39, 0.29) is 6.04 Å². The summed E-state index contributed by atoms with van der Waals surface area (Å²) in [5.74, 6) is 1.01. The number of fused-ring (bicyclic) bond motifs is 1. The smallest absolute Gasteiger partial charge is 0.127 e. The number of methoxy groups -OCH3 is 1. The summed E-state index contributed by atoms with van der Waals surface area (Å²) in [6, 6.07) is 0.0378. The Morgan fingerprint density at radius 1 is 1.06 bits per heavy atom. The molecule has 2 heteroatoms. The molecular formula is C15H23NO. The summed E-state index contributed by atoms with van der Waals surface area (Å²) in [7, 11) is 1.75. The molecule has 0 bridgehead atoms. The van der Waals surface area contributed by atoms with Crippen molar-refractivity contribution in [2.75, 3.05) is 7.11 Å². The van der Waals surface area contributed by atoms with Gasteiger partial charge in [-0.3, -0.25) is 0 Å². The van der Waals surface area contributed by atoms with Crippen LogP contribution in [0, 0.1) is 13.8 Å². The predicted molar refractivity (Wildman–Crippen MR) is 71.7 cm³/mol. The van der Waals surface area contributed by atoms with Crippen LogP contribution in [0.25, 0.3) is 0 Å². The van der Waals surface area contributed by atoms with Crippen molar-refractivity contribution in [2.45, 2.75) is 52.5 Å². The maximum Gasteiger partial charge on any atom is 0.127 e. The molecule has 2 N–H and O–H groups in total. The first-order chi connectivity index (χ1) is 8.07. The summed E-state index contributed by atoms with van der Waals surface area (Å²) < 4.78 is 5.60. The minimum absolute atomic E-state index is 0.0378. The maximum atomic E-state index is 6.11. The minimum atomic E-state index is 0.0378. The highest BCUT2D eigenvalue weighted by molar-refractivity contribution is 5.56. The molecule has 0 amide bonds. The zero-order valence-corrected chi connectivity index (χ0v) is 11.4. The average Bonchev–Trinajstić information content (AvgIpc) is 2.33. The molecule has 1 aromatic carbocycles. The first kappa shape index (κ1) is 12.4. The van der Waals surface area contributed by atoms with Crippen LogP contribution in [-0.2, 0) is 12.8 Å². The third-order valence-electron chi connectivity index (χ3n) is 4.02. The standard InChI is InChI=1S/C15H23NO/c1-9-12-7-5-6-8-13(12)10(2)15(17-4)14(9)11(3)16/h11H,5-8,16H2,1-4H3. The van der Waals surface area contributed by atoms with Crippen molar-refractivity contribution in [3.63, 3.8) is 0 Å². The van der Waals surface area contributed by atoms with Gasteiger partial charge in [0.05, 0.1) is 7.11 Å². The second-order valence-electron chi connectivity index (χ2n) is 5.15. The number of nitrogens with two attached hydrogens (primary N) is 1. The van der Waals surface area contributed by atoms with Crippen LogP contribution in [0.5, 0.6) is 5.75 Å². The van der Waals surface area contributed by atoms with E-state index in [1.807, 2.05) is 6.92 Å². The van der Waals surface area contributed by atoms with Crippen molar-refractivity contribution < 1.29 is 4.74 Å². The van der Waals surface area contributed by atoms with Crippen molar-refractivity contribution in [1.29, 1.82) is 0 Å². The van der Waals surface area contributed by atoms with Gasteiger partial charge in [0.1, 0.15) is 5.75 Å². The summed E-state index contributed by atoms with van der Waals surface area (Å²) in [5, 5.41) is 0. The van der Waals surface area contributed by atoms with Crippen LogP contribution < -0.4 is 10.5 Å². The lowest BCUT2D eigenvalue weighted by Crippen LogP contribution is -2.16. The quantitative estimate of drug-likeness (QED) is 0.851. The highest BCUT2D eigenvalue weighted by atomic mass is 16.5. The van der Waals surface area contributed by atoms with Crippen LogP contribution >= 0.6 is 0 Å². The highest BCUT2D eigenvalue weighted by Gasteiger charge is 2.23. The molecule has 2 nitrogen and oxygen atoms in total. The van der Waals surface area contributed by atoms with Crippen molar-refractivity contribution in [2.24, 2.45) is 5.73 Å². The van der Waals surface area contributed by atoms with Crippen LogP contribution in [0.1, 0.15) is 53.6 Å². The zero-order chi connectivity index (χ0) is 12.6. The third-order valence-corrected chi connectivity index (χ3v) is 4.02. The predicted octanol–water partition coefficient (Wildman–Crippen LogP) is 3.21. The second kappa shape index (κ2) is 4.69. The molecule has 0 fully saturated rings. The van der Waals surface area contributed by atoms with E-state index in [4.69, 9.17) is 10.5 Å². The molecule has 1 unspecified atom stereocenters.